The van der Waals surface area contributed by atoms with Crippen molar-refractivity contribution in [1.29, 1.82) is 0 Å². The number of nitrogens with one attached hydrogen (secondary N) is 1. The molecule has 0 saturated heterocycles. The molecule has 1 heterocycles. The number of aromatic nitrogens is 1. The number of esters is 1. The van der Waals surface area contributed by atoms with E-state index in [1.54, 1.807) is 32.9 Å². The highest BCUT2D eigenvalue weighted by molar-refractivity contribution is 7.92. The predicted molar refractivity (Wildman–Crippen MR) is 131 cm³/mol. The summed E-state index contributed by atoms with van der Waals surface area (Å²) < 4.78 is 39.5. The summed E-state index contributed by atoms with van der Waals surface area (Å²) in [6.07, 6.45) is 3.00. The van der Waals surface area contributed by atoms with Crippen LogP contribution in [0.4, 0.5) is 5.69 Å². The van der Waals surface area contributed by atoms with Gasteiger partial charge in [-0.15, -0.1) is 0 Å². The lowest BCUT2D eigenvalue weighted by molar-refractivity contribution is 0.00704. The van der Waals surface area contributed by atoms with Gasteiger partial charge in [0.05, 0.1) is 35.4 Å². The maximum absolute atomic E-state index is 14.0. The monoisotopic (exact) mass is 513 g/mol. The first kappa shape index (κ1) is 26.6. The Morgan fingerprint density at radius 1 is 1.03 bits per heavy atom. The predicted octanol–water partition coefficient (Wildman–Crippen LogP) is 3.56. The van der Waals surface area contributed by atoms with Gasteiger partial charge in [0.25, 0.3) is 15.9 Å². The van der Waals surface area contributed by atoms with Crippen LogP contribution in [0.2, 0.25) is 0 Å². The standard InChI is InChI=1S/C25H27N3O7S/c1-25(2,3)35-24(30)21-9-5-8-20(23(29)27-31)22(21)28(16-17-7-6-14-26-15-17)36(32,33)19-12-10-18(34-4)11-13-19/h5-15,31H,16H2,1-4H3,(H,27,29). The Balaban J connectivity index is 2.30. The molecule has 0 aliphatic heterocycles. The van der Waals surface area contributed by atoms with Crippen LogP contribution in [-0.2, 0) is 21.3 Å². The molecule has 0 saturated carbocycles. The average Bonchev–Trinajstić information content (AvgIpc) is 2.86. The van der Waals surface area contributed by atoms with Crippen LogP contribution in [-0.4, -0.2) is 43.2 Å². The number of ether oxygens (including phenoxy) is 2. The Bertz CT molecular complexity index is 1340. The van der Waals surface area contributed by atoms with Crippen LogP contribution < -0.4 is 14.5 Å². The third-order valence-electron chi connectivity index (χ3n) is 4.95. The Kier molecular flexibility index (Phi) is 7.96. The van der Waals surface area contributed by atoms with Crippen LogP contribution in [0.15, 0.2) is 71.9 Å². The molecule has 36 heavy (non-hydrogen) atoms. The zero-order valence-corrected chi connectivity index (χ0v) is 21.1. The topological polar surface area (TPSA) is 135 Å². The lowest BCUT2D eigenvalue weighted by atomic mass is 10.1. The fraction of sp³-hybridized carbons (Fsp3) is 0.240. The number of methoxy groups -OCH3 is 1. The fourth-order valence-corrected chi connectivity index (χ4v) is 4.86. The number of hydroxylamine groups is 1. The second-order valence-corrected chi connectivity index (χ2v) is 10.6. The number of anilines is 1. The van der Waals surface area contributed by atoms with E-state index >= 15 is 0 Å². The first-order valence-electron chi connectivity index (χ1n) is 10.8. The lowest BCUT2D eigenvalue weighted by Gasteiger charge is -2.29. The minimum absolute atomic E-state index is 0.110. The summed E-state index contributed by atoms with van der Waals surface area (Å²) >= 11 is 0. The number of carbonyl (C=O) groups is 2. The van der Waals surface area contributed by atoms with Crippen LogP contribution >= 0.6 is 0 Å². The van der Waals surface area contributed by atoms with Crippen LogP contribution in [0.5, 0.6) is 5.75 Å². The minimum atomic E-state index is -4.36. The summed E-state index contributed by atoms with van der Waals surface area (Å²) in [4.78, 5) is 29.7. The number of hydrogen-bond acceptors (Lipinski definition) is 8. The molecule has 2 N–H and O–H groups in total. The lowest BCUT2D eigenvalue weighted by Crippen LogP contribution is -2.35. The molecule has 0 aliphatic carbocycles. The zero-order chi connectivity index (χ0) is 26.5. The molecule has 3 aromatic rings. The fourth-order valence-electron chi connectivity index (χ4n) is 3.37. The van der Waals surface area contributed by atoms with E-state index in [-0.39, 0.29) is 28.3 Å². The number of rotatable bonds is 8. The van der Waals surface area contributed by atoms with Crippen molar-refractivity contribution in [2.24, 2.45) is 0 Å². The molecule has 10 nitrogen and oxygen atoms in total. The van der Waals surface area contributed by atoms with Crippen LogP contribution in [0.3, 0.4) is 0 Å². The molecule has 11 heteroatoms. The van der Waals surface area contributed by atoms with Crippen molar-refractivity contribution in [2.75, 3.05) is 11.4 Å². The summed E-state index contributed by atoms with van der Waals surface area (Å²) in [5.74, 6) is -1.40. The highest BCUT2D eigenvalue weighted by atomic mass is 32.2. The largest absolute Gasteiger partial charge is 0.497 e. The van der Waals surface area contributed by atoms with E-state index in [9.17, 15) is 23.2 Å². The number of amides is 1. The van der Waals surface area contributed by atoms with E-state index in [4.69, 9.17) is 9.47 Å². The first-order chi connectivity index (χ1) is 17.0. The van der Waals surface area contributed by atoms with Gasteiger partial charge in [-0.25, -0.2) is 18.7 Å². The highest BCUT2D eigenvalue weighted by Crippen LogP contribution is 2.34. The number of pyridine rings is 1. The van der Waals surface area contributed by atoms with E-state index in [1.165, 1.54) is 67.4 Å². The number of nitrogens with zero attached hydrogens (tertiary/aromatic N) is 2. The van der Waals surface area contributed by atoms with Crippen molar-refractivity contribution in [3.05, 3.63) is 83.7 Å². The van der Waals surface area contributed by atoms with Gasteiger partial charge in [0.1, 0.15) is 11.4 Å². The van der Waals surface area contributed by atoms with Crippen LogP contribution in [0, 0.1) is 0 Å². The zero-order valence-electron chi connectivity index (χ0n) is 20.3. The number of para-hydroxylation sites is 1. The summed E-state index contributed by atoms with van der Waals surface area (Å²) in [5, 5.41) is 9.37. The van der Waals surface area contributed by atoms with E-state index in [1.807, 2.05) is 0 Å². The summed E-state index contributed by atoms with van der Waals surface area (Å²) in [6, 6.07) is 13.0. The smallest absolute Gasteiger partial charge is 0.340 e. The van der Waals surface area contributed by atoms with Crippen molar-refractivity contribution in [3.8, 4) is 5.75 Å². The molecule has 0 aliphatic rings. The van der Waals surface area contributed by atoms with Crippen molar-refractivity contribution in [2.45, 2.75) is 37.8 Å². The third kappa shape index (κ3) is 5.99. The number of hydrogen-bond donors (Lipinski definition) is 2. The molecule has 2 aromatic carbocycles. The van der Waals surface area contributed by atoms with E-state index in [2.05, 4.69) is 4.98 Å². The van der Waals surface area contributed by atoms with E-state index in [0.717, 1.165) is 4.31 Å². The molecule has 0 unspecified atom stereocenters. The second-order valence-electron chi connectivity index (χ2n) is 8.69. The molecular formula is C25H27N3O7S. The molecule has 3 rings (SSSR count). The quantitative estimate of drug-likeness (QED) is 0.265. The summed E-state index contributed by atoms with van der Waals surface area (Å²) in [6.45, 7) is 4.72. The summed E-state index contributed by atoms with van der Waals surface area (Å²) in [5.41, 5.74) is 0.439. The number of carbonyl (C=O) groups excluding carboxylic acids is 2. The van der Waals surface area contributed by atoms with E-state index < -0.39 is 27.5 Å². The maximum Gasteiger partial charge on any atom is 0.340 e. The molecule has 1 amide bonds. The van der Waals surface area contributed by atoms with Gasteiger partial charge in [-0.1, -0.05) is 12.1 Å². The van der Waals surface area contributed by atoms with Gasteiger partial charge in [0.15, 0.2) is 0 Å². The Labute approximate surface area is 209 Å². The molecule has 0 bridgehead atoms. The second kappa shape index (κ2) is 10.8. The normalized spacial score (nSPS) is 11.5. The SMILES string of the molecule is COc1ccc(S(=O)(=O)N(Cc2cccnc2)c2c(C(=O)NO)cccc2C(=O)OC(C)(C)C)cc1. The van der Waals surface area contributed by atoms with Crippen molar-refractivity contribution in [1.82, 2.24) is 10.5 Å². The van der Waals surface area contributed by atoms with Crippen molar-refractivity contribution in [3.63, 3.8) is 0 Å². The van der Waals surface area contributed by atoms with Gasteiger partial charge in [-0.3, -0.25) is 19.3 Å². The molecule has 0 radical (unpaired) electrons. The third-order valence-corrected chi connectivity index (χ3v) is 6.71. The molecule has 0 spiro atoms. The van der Waals surface area contributed by atoms with Gasteiger partial charge >= 0.3 is 5.97 Å². The highest BCUT2D eigenvalue weighted by Gasteiger charge is 2.34. The number of sulfonamides is 1. The number of benzene rings is 2. The average molecular weight is 514 g/mol. The van der Waals surface area contributed by atoms with E-state index in [0.29, 0.717) is 11.3 Å². The van der Waals surface area contributed by atoms with Crippen molar-refractivity contribution < 1.29 is 32.7 Å². The van der Waals surface area contributed by atoms with Gasteiger partial charge in [-0.05, 0) is 68.8 Å². The Hall–Kier alpha value is -3.96. The van der Waals surface area contributed by atoms with Crippen LogP contribution in [0.1, 0.15) is 47.1 Å². The van der Waals surface area contributed by atoms with Crippen LogP contribution in [0.25, 0.3) is 0 Å². The molecule has 1 aromatic heterocycles. The molecule has 190 valence electrons. The van der Waals surface area contributed by atoms with Gasteiger partial charge < -0.3 is 9.47 Å². The van der Waals surface area contributed by atoms with Gasteiger partial charge in [0, 0.05) is 12.4 Å². The minimum Gasteiger partial charge on any atom is -0.497 e. The van der Waals surface area contributed by atoms with Crippen molar-refractivity contribution >= 4 is 27.6 Å². The molecular weight excluding hydrogens is 486 g/mol. The maximum atomic E-state index is 14.0. The molecule has 0 atom stereocenters. The Morgan fingerprint density at radius 3 is 2.25 bits per heavy atom. The van der Waals surface area contributed by atoms with Gasteiger partial charge in [-0.2, -0.15) is 0 Å². The Morgan fingerprint density at radius 2 is 1.69 bits per heavy atom. The summed E-state index contributed by atoms with van der Waals surface area (Å²) in [7, 11) is -2.91. The first-order valence-corrected chi connectivity index (χ1v) is 12.3. The molecule has 0 fully saturated rings. The van der Waals surface area contributed by atoms with Gasteiger partial charge in [0.2, 0.25) is 0 Å².